The maximum atomic E-state index is 13.1. The summed E-state index contributed by atoms with van der Waals surface area (Å²) in [6, 6.07) is 14.7. The molecule has 0 aromatic heterocycles. The lowest BCUT2D eigenvalue weighted by atomic mass is 10.1. The van der Waals surface area contributed by atoms with Crippen LogP contribution in [0.1, 0.15) is 12.8 Å². The molecule has 32 heavy (non-hydrogen) atoms. The van der Waals surface area contributed by atoms with Crippen molar-refractivity contribution in [3.05, 3.63) is 48.5 Å². The van der Waals surface area contributed by atoms with Crippen LogP contribution in [0.25, 0.3) is 0 Å². The van der Waals surface area contributed by atoms with E-state index in [0.29, 0.717) is 57.2 Å². The van der Waals surface area contributed by atoms with Crippen LogP contribution in [0, 0.1) is 0 Å². The second kappa shape index (κ2) is 10.4. The Morgan fingerprint density at radius 3 is 2.50 bits per heavy atom. The largest absolute Gasteiger partial charge is 0.497 e. The molecule has 2 aromatic carbocycles. The van der Waals surface area contributed by atoms with Crippen molar-refractivity contribution >= 4 is 17.5 Å². The van der Waals surface area contributed by atoms with Gasteiger partial charge >= 0.3 is 0 Å². The molecule has 2 heterocycles. The first-order chi connectivity index (χ1) is 15.7. The molecule has 2 aliphatic heterocycles. The standard InChI is InChI=1S/C24H28N2O6/c1-29-18-8-10-19(11-9-18)31-14-4-7-23(27)26-17-22(24(28)25-12-15-30-16-13-25)32-21-6-3-2-5-20(21)26/h2-3,5-6,8-11,22H,4,7,12-17H2,1H3. The highest BCUT2D eigenvalue weighted by molar-refractivity contribution is 5.97. The van der Waals surface area contributed by atoms with Crippen LogP contribution in [-0.4, -0.2) is 69.4 Å². The number of para-hydroxylation sites is 2. The predicted octanol–water partition coefficient (Wildman–Crippen LogP) is 2.51. The lowest BCUT2D eigenvalue weighted by Gasteiger charge is -2.37. The first-order valence-corrected chi connectivity index (χ1v) is 10.8. The summed E-state index contributed by atoms with van der Waals surface area (Å²) >= 11 is 0. The Labute approximate surface area is 187 Å². The average Bonchev–Trinajstić information content (AvgIpc) is 2.86. The molecule has 0 spiro atoms. The lowest BCUT2D eigenvalue weighted by molar-refractivity contribution is -0.142. The van der Waals surface area contributed by atoms with Crippen molar-refractivity contribution < 1.29 is 28.5 Å². The minimum absolute atomic E-state index is 0.0566. The number of methoxy groups -OCH3 is 1. The first-order valence-electron chi connectivity index (χ1n) is 10.8. The number of nitrogens with zero attached hydrogens (tertiary/aromatic N) is 2. The van der Waals surface area contributed by atoms with Gasteiger partial charge in [-0.05, 0) is 42.8 Å². The van der Waals surface area contributed by atoms with Crippen molar-refractivity contribution in [2.75, 3.05) is 51.5 Å². The molecule has 1 fully saturated rings. The van der Waals surface area contributed by atoms with E-state index in [1.54, 1.807) is 23.0 Å². The van der Waals surface area contributed by atoms with Crippen molar-refractivity contribution in [2.45, 2.75) is 18.9 Å². The van der Waals surface area contributed by atoms with Crippen LogP contribution in [0.4, 0.5) is 5.69 Å². The zero-order valence-corrected chi connectivity index (χ0v) is 18.2. The van der Waals surface area contributed by atoms with E-state index in [4.69, 9.17) is 18.9 Å². The van der Waals surface area contributed by atoms with Gasteiger partial charge < -0.3 is 28.7 Å². The van der Waals surface area contributed by atoms with E-state index in [9.17, 15) is 9.59 Å². The Morgan fingerprint density at radius 2 is 1.75 bits per heavy atom. The third kappa shape index (κ3) is 5.13. The fourth-order valence-corrected chi connectivity index (χ4v) is 3.81. The zero-order valence-electron chi connectivity index (χ0n) is 18.2. The molecule has 2 amide bonds. The maximum Gasteiger partial charge on any atom is 0.265 e. The van der Waals surface area contributed by atoms with E-state index in [0.717, 1.165) is 11.5 Å². The molecule has 8 heteroatoms. The Hall–Kier alpha value is -3.26. The summed E-state index contributed by atoms with van der Waals surface area (Å²) in [7, 11) is 1.62. The molecule has 0 aliphatic carbocycles. The van der Waals surface area contributed by atoms with Crippen LogP contribution in [0.3, 0.4) is 0 Å². The molecule has 1 unspecified atom stereocenters. The van der Waals surface area contributed by atoms with E-state index >= 15 is 0 Å². The fourth-order valence-electron chi connectivity index (χ4n) is 3.81. The van der Waals surface area contributed by atoms with Crippen LogP contribution in [0.2, 0.25) is 0 Å². The summed E-state index contributed by atoms with van der Waals surface area (Å²) in [4.78, 5) is 29.4. The number of amides is 2. The Kier molecular flexibility index (Phi) is 7.11. The van der Waals surface area contributed by atoms with Crippen molar-refractivity contribution in [3.63, 3.8) is 0 Å². The normalized spacial score (nSPS) is 17.8. The van der Waals surface area contributed by atoms with Crippen molar-refractivity contribution in [3.8, 4) is 17.2 Å². The highest BCUT2D eigenvalue weighted by Crippen LogP contribution is 2.34. The molecule has 4 rings (SSSR count). The molecular formula is C24H28N2O6. The van der Waals surface area contributed by atoms with Gasteiger partial charge in [-0.25, -0.2) is 0 Å². The number of rotatable bonds is 7. The number of fused-ring (bicyclic) bond motifs is 1. The van der Waals surface area contributed by atoms with Gasteiger partial charge in [0.25, 0.3) is 5.91 Å². The van der Waals surface area contributed by atoms with E-state index in [2.05, 4.69) is 0 Å². The summed E-state index contributed by atoms with van der Waals surface area (Å²) in [5.74, 6) is 1.88. The van der Waals surface area contributed by atoms with Crippen molar-refractivity contribution in [2.24, 2.45) is 0 Å². The minimum atomic E-state index is -0.720. The SMILES string of the molecule is COc1ccc(OCCCC(=O)N2CC(C(=O)N3CCOCC3)Oc3ccccc32)cc1. The number of carbonyl (C=O) groups excluding carboxylic acids is 2. The predicted molar refractivity (Wildman–Crippen MR) is 118 cm³/mol. The average molecular weight is 440 g/mol. The summed E-state index contributed by atoms with van der Waals surface area (Å²) in [6.07, 6.45) is 0.151. The third-order valence-corrected chi connectivity index (χ3v) is 5.54. The zero-order chi connectivity index (χ0) is 22.3. The summed E-state index contributed by atoms with van der Waals surface area (Å²) in [6.45, 7) is 2.73. The molecule has 0 bridgehead atoms. The second-order valence-corrected chi connectivity index (χ2v) is 7.64. The van der Waals surface area contributed by atoms with Crippen LogP contribution in [-0.2, 0) is 14.3 Å². The summed E-state index contributed by atoms with van der Waals surface area (Å²) in [5.41, 5.74) is 0.694. The van der Waals surface area contributed by atoms with Crippen LogP contribution < -0.4 is 19.1 Å². The molecule has 2 aromatic rings. The fraction of sp³-hybridized carbons (Fsp3) is 0.417. The van der Waals surface area contributed by atoms with Gasteiger partial charge in [0.1, 0.15) is 17.2 Å². The van der Waals surface area contributed by atoms with E-state index in [1.165, 1.54) is 0 Å². The first kappa shape index (κ1) is 22.0. The van der Waals surface area contributed by atoms with E-state index in [1.807, 2.05) is 42.5 Å². The van der Waals surface area contributed by atoms with Crippen LogP contribution in [0.5, 0.6) is 17.2 Å². The molecule has 0 saturated carbocycles. The maximum absolute atomic E-state index is 13.1. The van der Waals surface area contributed by atoms with Gasteiger partial charge in [-0.15, -0.1) is 0 Å². The molecule has 1 atom stereocenters. The number of anilines is 1. The number of hydrogen-bond acceptors (Lipinski definition) is 6. The van der Waals surface area contributed by atoms with Crippen LogP contribution >= 0.6 is 0 Å². The van der Waals surface area contributed by atoms with Gasteiger partial charge in [0, 0.05) is 19.5 Å². The van der Waals surface area contributed by atoms with E-state index in [-0.39, 0.29) is 18.4 Å². The lowest BCUT2D eigenvalue weighted by Crippen LogP contribution is -2.54. The number of hydrogen-bond donors (Lipinski definition) is 0. The molecule has 2 aliphatic rings. The Balaban J connectivity index is 1.35. The smallest absolute Gasteiger partial charge is 0.265 e. The molecule has 1 saturated heterocycles. The Bertz CT molecular complexity index is 926. The highest BCUT2D eigenvalue weighted by Gasteiger charge is 2.36. The third-order valence-electron chi connectivity index (χ3n) is 5.54. The monoisotopic (exact) mass is 440 g/mol. The molecule has 0 radical (unpaired) electrons. The molecular weight excluding hydrogens is 412 g/mol. The number of carbonyl (C=O) groups is 2. The van der Waals surface area contributed by atoms with Crippen LogP contribution in [0.15, 0.2) is 48.5 Å². The minimum Gasteiger partial charge on any atom is -0.497 e. The van der Waals surface area contributed by atoms with Crippen molar-refractivity contribution in [1.29, 1.82) is 0 Å². The van der Waals surface area contributed by atoms with Gasteiger partial charge in [-0.1, -0.05) is 12.1 Å². The number of morpholine rings is 1. The topological polar surface area (TPSA) is 77.5 Å². The Morgan fingerprint density at radius 1 is 1.03 bits per heavy atom. The van der Waals surface area contributed by atoms with Gasteiger partial charge in [-0.3, -0.25) is 9.59 Å². The molecule has 170 valence electrons. The number of ether oxygens (including phenoxy) is 4. The summed E-state index contributed by atoms with van der Waals surface area (Å²) in [5, 5.41) is 0. The summed E-state index contributed by atoms with van der Waals surface area (Å²) < 4.78 is 22.2. The van der Waals surface area contributed by atoms with E-state index < -0.39 is 6.10 Å². The number of benzene rings is 2. The second-order valence-electron chi connectivity index (χ2n) is 7.64. The highest BCUT2D eigenvalue weighted by atomic mass is 16.5. The van der Waals surface area contributed by atoms with Gasteiger partial charge in [-0.2, -0.15) is 0 Å². The van der Waals surface area contributed by atoms with Crippen molar-refractivity contribution in [1.82, 2.24) is 4.90 Å². The van der Waals surface area contributed by atoms with Gasteiger partial charge in [0.2, 0.25) is 5.91 Å². The van der Waals surface area contributed by atoms with Gasteiger partial charge in [0.15, 0.2) is 6.10 Å². The quantitative estimate of drug-likeness (QED) is 0.616. The van der Waals surface area contributed by atoms with Gasteiger partial charge in [0.05, 0.1) is 39.2 Å². The molecule has 0 N–H and O–H groups in total. The molecule has 8 nitrogen and oxygen atoms in total.